The van der Waals surface area contributed by atoms with Gasteiger partial charge in [-0.25, -0.2) is 0 Å². The van der Waals surface area contributed by atoms with Crippen LogP contribution in [0.3, 0.4) is 0 Å². The highest BCUT2D eigenvalue weighted by Crippen LogP contribution is 2.38. The van der Waals surface area contributed by atoms with Crippen molar-refractivity contribution in [3.63, 3.8) is 0 Å². The van der Waals surface area contributed by atoms with Gasteiger partial charge in [-0.05, 0) is 36.8 Å². The lowest BCUT2D eigenvalue weighted by Gasteiger charge is -2.30. The Hall–Kier alpha value is -1.56. The van der Waals surface area contributed by atoms with E-state index in [4.69, 9.17) is 0 Å². The van der Waals surface area contributed by atoms with Crippen molar-refractivity contribution in [2.75, 3.05) is 0 Å². The maximum atomic E-state index is 3.70. The van der Waals surface area contributed by atoms with Crippen LogP contribution in [0.4, 0.5) is 0 Å². The molecule has 1 aromatic rings. The average Bonchev–Trinajstić information content (AvgIpc) is 2.38. The van der Waals surface area contributed by atoms with E-state index in [-0.39, 0.29) is 0 Å². The van der Waals surface area contributed by atoms with E-state index in [1.54, 1.807) is 0 Å². The Labute approximate surface area is 111 Å². The molecule has 0 N–H and O–H groups in total. The molecule has 1 aromatic carbocycles. The van der Waals surface area contributed by atoms with Crippen LogP contribution >= 0.6 is 0 Å². The predicted octanol–water partition coefficient (Wildman–Crippen LogP) is 5.04. The topological polar surface area (TPSA) is 0 Å². The third-order valence-corrected chi connectivity index (χ3v) is 3.79. The molecule has 0 amide bonds. The normalized spacial score (nSPS) is 24.0. The molecule has 0 aromatic heterocycles. The van der Waals surface area contributed by atoms with Gasteiger partial charge in [0.05, 0.1) is 0 Å². The SMILES string of the molecule is C=C/C=C\C=C(/C)C1CC(C)Cc2ccccc21. The van der Waals surface area contributed by atoms with Crippen molar-refractivity contribution in [1.82, 2.24) is 0 Å². The molecule has 0 spiro atoms. The number of allylic oxidation sites excluding steroid dienone is 5. The van der Waals surface area contributed by atoms with E-state index in [0.717, 1.165) is 5.92 Å². The number of benzene rings is 1. The van der Waals surface area contributed by atoms with Crippen LogP contribution < -0.4 is 0 Å². The fourth-order valence-corrected chi connectivity index (χ4v) is 2.88. The molecule has 2 unspecified atom stereocenters. The molecule has 2 atom stereocenters. The van der Waals surface area contributed by atoms with E-state index in [1.807, 2.05) is 12.2 Å². The van der Waals surface area contributed by atoms with Crippen LogP contribution in [0, 0.1) is 5.92 Å². The van der Waals surface area contributed by atoms with Gasteiger partial charge >= 0.3 is 0 Å². The summed E-state index contributed by atoms with van der Waals surface area (Å²) >= 11 is 0. The van der Waals surface area contributed by atoms with Gasteiger partial charge in [-0.1, -0.05) is 67.6 Å². The van der Waals surface area contributed by atoms with E-state index < -0.39 is 0 Å². The summed E-state index contributed by atoms with van der Waals surface area (Å²) in [4.78, 5) is 0. The second-order valence-electron chi connectivity index (χ2n) is 5.33. The van der Waals surface area contributed by atoms with Crippen LogP contribution in [0.1, 0.15) is 37.3 Å². The third-order valence-electron chi connectivity index (χ3n) is 3.79. The molecular formula is C18H22. The van der Waals surface area contributed by atoms with Crippen molar-refractivity contribution in [1.29, 1.82) is 0 Å². The number of hydrogen-bond acceptors (Lipinski definition) is 0. The lowest BCUT2D eigenvalue weighted by atomic mass is 9.74. The largest absolute Gasteiger partial charge is 0.0991 e. The lowest BCUT2D eigenvalue weighted by Crippen LogP contribution is -2.17. The van der Waals surface area contributed by atoms with E-state index >= 15 is 0 Å². The zero-order valence-electron chi connectivity index (χ0n) is 11.4. The van der Waals surface area contributed by atoms with Crippen molar-refractivity contribution in [3.8, 4) is 0 Å². The van der Waals surface area contributed by atoms with Crippen LogP contribution in [0.5, 0.6) is 0 Å². The summed E-state index contributed by atoms with van der Waals surface area (Å²) in [6.07, 6.45) is 10.6. The third kappa shape index (κ3) is 2.81. The molecule has 94 valence electrons. The first-order valence-corrected chi connectivity index (χ1v) is 6.76. The average molecular weight is 238 g/mol. The van der Waals surface area contributed by atoms with Gasteiger partial charge in [0.2, 0.25) is 0 Å². The Kier molecular flexibility index (Phi) is 4.19. The van der Waals surface area contributed by atoms with Gasteiger partial charge in [-0.3, -0.25) is 0 Å². The molecule has 0 aliphatic heterocycles. The first kappa shape index (κ1) is 12.9. The minimum atomic E-state index is 0.583. The van der Waals surface area contributed by atoms with Gasteiger partial charge in [-0.2, -0.15) is 0 Å². The van der Waals surface area contributed by atoms with Crippen LogP contribution in [-0.2, 0) is 6.42 Å². The van der Waals surface area contributed by atoms with Crippen molar-refractivity contribution < 1.29 is 0 Å². The lowest BCUT2D eigenvalue weighted by molar-refractivity contribution is 0.460. The molecule has 0 saturated carbocycles. The van der Waals surface area contributed by atoms with Gasteiger partial charge in [0.1, 0.15) is 0 Å². The van der Waals surface area contributed by atoms with E-state index in [0.29, 0.717) is 5.92 Å². The maximum absolute atomic E-state index is 3.70. The summed E-state index contributed by atoms with van der Waals surface area (Å²) in [5.74, 6) is 1.36. The molecule has 0 radical (unpaired) electrons. The number of hydrogen-bond donors (Lipinski definition) is 0. The monoisotopic (exact) mass is 238 g/mol. The first-order chi connectivity index (χ1) is 8.72. The van der Waals surface area contributed by atoms with Gasteiger partial charge < -0.3 is 0 Å². The highest BCUT2D eigenvalue weighted by atomic mass is 14.3. The Morgan fingerprint density at radius 1 is 1.28 bits per heavy atom. The highest BCUT2D eigenvalue weighted by Gasteiger charge is 2.24. The summed E-state index contributed by atoms with van der Waals surface area (Å²) in [6.45, 7) is 8.30. The molecule has 0 heteroatoms. The smallest absolute Gasteiger partial charge is 0.00538 e. The Balaban J connectivity index is 2.31. The fraction of sp³-hybridized carbons (Fsp3) is 0.333. The van der Waals surface area contributed by atoms with Crippen LogP contribution in [0.25, 0.3) is 0 Å². The van der Waals surface area contributed by atoms with Crippen molar-refractivity contribution in [2.45, 2.75) is 32.6 Å². The molecule has 0 heterocycles. The minimum absolute atomic E-state index is 0.583. The minimum Gasteiger partial charge on any atom is -0.0991 e. The zero-order chi connectivity index (χ0) is 13.0. The molecule has 1 aliphatic rings. The Morgan fingerprint density at radius 3 is 2.83 bits per heavy atom. The predicted molar refractivity (Wildman–Crippen MR) is 79.8 cm³/mol. The standard InChI is InChI=1S/C18H22/c1-4-5-6-9-15(3)18-13-14(2)12-16-10-7-8-11-17(16)18/h4-11,14,18H,1,12-13H2,2-3H3/b6-5-,15-9+. The number of fused-ring (bicyclic) bond motifs is 1. The van der Waals surface area contributed by atoms with Crippen molar-refractivity contribution >= 4 is 0 Å². The maximum Gasteiger partial charge on any atom is 0.00538 e. The molecule has 0 bridgehead atoms. The van der Waals surface area contributed by atoms with Gasteiger partial charge in [0.25, 0.3) is 0 Å². The van der Waals surface area contributed by atoms with Crippen molar-refractivity contribution in [3.05, 3.63) is 71.8 Å². The van der Waals surface area contributed by atoms with E-state index in [1.165, 1.54) is 29.5 Å². The van der Waals surface area contributed by atoms with Crippen LogP contribution in [0.15, 0.2) is 60.7 Å². The molecule has 18 heavy (non-hydrogen) atoms. The Bertz CT molecular complexity index is 477. The molecule has 1 aliphatic carbocycles. The Morgan fingerprint density at radius 2 is 2.06 bits per heavy atom. The fourth-order valence-electron chi connectivity index (χ4n) is 2.88. The summed E-state index contributed by atoms with van der Waals surface area (Å²) in [5.41, 5.74) is 4.50. The van der Waals surface area contributed by atoms with Crippen molar-refractivity contribution in [2.24, 2.45) is 5.92 Å². The van der Waals surface area contributed by atoms with E-state index in [9.17, 15) is 0 Å². The number of rotatable bonds is 3. The highest BCUT2D eigenvalue weighted by molar-refractivity contribution is 5.39. The summed E-state index contributed by atoms with van der Waals surface area (Å²) in [7, 11) is 0. The first-order valence-electron chi connectivity index (χ1n) is 6.76. The molecule has 2 rings (SSSR count). The second-order valence-corrected chi connectivity index (χ2v) is 5.33. The molecular weight excluding hydrogens is 216 g/mol. The van der Waals surface area contributed by atoms with E-state index in [2.05, 4.69) is 56.8 Å². The molecule has 0 saturated heterocycles. The zero-order valence-corrected chi connectivity index (χ0v) is 11.4. The molecule has 0 fully saturated rings. The summed E-state index contributed by atoms with van der Waals surface area (Å²) < 4.78 is 0. The van der Waals surface area contributed by atoms with Gasteiger partial charge in [-0.15, -0.1) is 0 Å². The second kappa shape index (κ2) is 5.86. The van der Waals surface area contributed by atoms with Gasteiger partial charge in [0.15, 0.2) is 0 Å². The molecule has 0 nitrogen and oxygen atoms in total. The quantitative estimate of drug-likeness (QED) is 0.647. The van der Waals surface area contributed by atoms with Crippen LogP contribution in [0.2, 0.25) is 0 Å². The summed E-state index contributed by atoms with van der Waals surface area (Å²) in [5, 5.41) is 0. The van der Waals surface area contributed by atoms with Crippen LogP contribution in [-0.4, -0.2) is 0 Å². The van der Waals surface area contributed by atoms with Gasteiger partial charge in [0, 0.05) is 5.92 Å². The summed E-state index contributed by atoms with van der Waals surface area (Å²) in [6, 6.07) is 8.89.